The predicted molar refractivity (Wildman–Crippen MR) is 280 cm³/mol. The number of aliphatic hydroxyl groups is 2. The van der Waals surface area contributed by atoms with Crippen molar-refractivity contribution in [2.45, 2.75) is 145 Å². The summed E-state index contributed by atoms with van der Waals surface area (Å²) in [4.78, 5) is 118. The Labute approximate surface area is 440 Å². The van der Waals surface area contributed by atoms with Gasteiger partial charge >= 0.3 is 5.97 Å². The molecule has 27 heteroatoms. The molecule has 1 fully saturated rings. The second-order valence-electron chi connectivity index (χ2n) is 18.6. The fourth-order valence-corrected chi connectivity index (χ4v) is 8.20. The fraction of sp³-hybridized carbons (Fsp3) is 0.551. The Morgan fingerprint density at radius 2 is 1.12 bits per heavy atom. The van der Waals surface area contributed by atoms with E-state index in [1.807, 2.05) is 6.07 Å². The van der Waals surface area contributed by atoms with Gasteiger partial charge in [-0.15, -0.1) is 0 Å². The standard InChI is InChI=1S/C49H77N15O12/c1-27(65)38(45(73)59-34(14-8-22-56-48(52)53)41(69)60-35(47(75)76)15-9-23-57-49(54)55)62-42(70)33(13-6-7-21-50)58-44(72)37-16-10-24-64(37)46(74)39(28(2)66)63-43(71)36(26-30-17-19-31(67)20-18-30)61-40(68)32(51)25-29-11-4-3-5-12-29/h3-5,11-12,17-20,27-28,32-39,65-67H,6-10,13-16,21-26,50-51H2,1-2H3,(H,58,72)(H,59,73)(H,60,69)(H,61,68)(H,62,70)(H,63,71)(H,75,76)(H4,52,53,56)(H4,54,55,57)/t27-,28-,32+,33+,34+,35+,36+,37+,38+,39+/m1/s1. The number of benzene rings is 2. The summed E-state index contributed by atoms with van der Waals surface area (Å²) in [5, 5.41) is 56.6. The van der Waals surface area contributed by atoms with Crippen molar-refractivity contribution in [3.05, 3.63) is 65.7 Å². The highest BCUT2D eigenvalue weighted by molar-refractivity contribution is 5.98. The third-order valence-electron chi connectivity index (χ3n) is 12.3. The van der Waals surface area contributed by atoms with E-state index < -0.39 is 108 Å². The van der Waals surface area contributed by atoms with Crippen molar-refractivity contribution in [1.29, 1.82) is 0 Å². The van der Waals surface area contributed by atoms with E-state index >= 15 is 0 Å². The Bertz CT molecular complexity index is 2300. The number of carboxylic acid groups (broad SMARTS) is 1. The van der Waals surface area contributed by atoms with Gasteiger partial charge < -0.3 is 91.6 Å². The molecule has 22 N–H and O–H groups in total. The minimum atomic E-state index is -1.73. The van der Waals surface area contributed by atoms with Crippen LogP contribution in [0.2, 0.25) is 0 Å². The number of likely N-dealkylation sites (tertiary alicyclic amines) is 1. The largest absolute Gasteiger partial charge is 0.508 e. The van der Waals surface area contributed by atoms with Gasteiger partial charge in [0.25, 0.3) is 0 Å². The highest BCUT2D eigenvalue weighted by atomic mass is 16.4. The molecule has 2 aromatic rings. The van der Waals surface area contributed by atoms with Crippen molar-refractivity contribution in [2.24, 2.45) is 44.4 Å². The van der Waals surface area contributed by atoms with Gasteiger partial charge in [0.05, 0.1) is 18.2 Å². The molecule has 7 amide bonds. The number of hydrogen-bond acceptors (Lipinski definition) is 15. The van der Waals surface area contributed by atoms with Gasteiger partial charge in [-0.3, -0.25) is 43.5 Å². The van der Waals surface area contributed by atoms with Crippen molar-refractivity contribution < 1.29 is 58.8 Å². The summed E-state index contributed by atoms with van der Waals surface area (Å²) in [6, 6.07) is 3.65. The van der Waals surface area contributed by atoms with E-state index in [0.29, 0.717) is 24.8 Å². The Morgan fingerprint density at radius 1 is 0.618 bits per heavy atom. The number of nitrogens with one attached hydrogen (secondary N) is 6. The number of guanidine groups is 2. The van der Waals surface area contributed by atoms with Gasteiger partial charge in [-0.1, -0.05) is 42.5 Å². The molecule has 0 saturated carbocycles. The summed E-state index contributed by atoms with van der Waals surface area (Å²) in [6.07, 6.45) is -1.87. The van der Waals surface area contributed by atoms with Crippen LogP contribution in [0.4, 0.5) is 0 Å². The zero-order valence-electron chi connectivity index (χ0n) is 42.9. The van der Waals surface area contributed by atoms with E-state index in [0.717, 1.165) is 10.5 Å². The Hall–Kier alpha value is -7.62. The number of aromatic hydroxyl groups is 1. The summed E-state index contributed by atoms with van der Waals surface area (Å²) in [7, 11) is 0. The molecule has 3 rings (SSSR count). The number of phenolic OH excluding ortho intramolecular Hbond substituents is 1. The van der Waals surface area contributed by atoms with Crippen molar-refractivity contribution in [3.63, 3.8) is 0 Å². The molecular formula is C49H77N15O12. The summed E-state index contributed by atoms with van der Waals surface area (Å²) >= 11 is 0. The molecule has 1 saturated heterocycles. The molecule has 0 unspecified atom stereocenters. The highest BCUT2D eigenvalue weighted by Gasteiger charge is 2.42. The first kappa shape index (κ1) is 62.7. The molecule has 1 aliphatic heterocycles. The summed E-state index contributed by atoms with van der Waals surface area (Å²) in [6.45, 7) is 2.79. The maximum Gasteiger partial charge on any atom is 0.326 e. The van der Waals surface area contributed by atoms with Crippen LogP contribution >= 0.6 is 0 Å². The van der Waals surface area contributed by atoms with E-state index in [1.54, 1.807) is 36.4 Å². The van der Waals surface area contributed by atoms with Crippen molar-refractivity contribution in [1.82, 2.24) is 36.8 Å². The quantitative estimate of drug-likeness (QED) is 0.0186. The number of aliphatic carboxylic acids is 1. The van der Waals surface area contributed by atoms with E-state index in [9.17, 15) is 58.8 Å². The Kier molecular flexibility index (Phi) is 26.4. The molecule has 0 radical (unpaired) electrons. The lowest BCUT2D eigenvalue weighted by molar-refractivity contribution is -0.145. The maximum absolute atomic E-state index is 14.3. The number of unbranched alkanes of at least 4 members (excludes halogenated alkanes) is 1. The number of aliphatic hydroxyl groups excluding tert-OH is 2. The normalized spacial score (nSPS) is 16.6. The Morgan fingerprint density at radius 3 is 1.68 bits per heavy atom. The number of phenols is 1. The van der Waals surface area contributed by atoms with Crippen LogP contribution in [-0.4, -0.2) is 171 Å². The number of amides is 7. The molecule has 0 bridgehead atoms. The molecule has 2 aromatic carbocycles. The van der Waals surface area contributed by atoms with Crippen LogP contribution in [0.1, 0.15) is 82.8 Å². The fourth-order valence-electron chi connectivity index (χ4n) is 8.20. The van der Waals surface area contributed by atoms with Gasteiger partial charge in [-0.05, 0) is 108 Å². The highest BCUT2D eigenvalue weighted by Crippen LogP contribution is 2.21. The average Bonchev–Trinajstić information content (AvgIpc) is 3.87. The van der Waals surface area contributed by atoms with Crippen LogP contribution in [0.5, 0.6) is 5.75 Å². The van der Waals surface area contributed by atoms with Crippen LogP contribution in [0.15, 0.2) is 64.6 Å². The van der Waals surface area contributed by atoms with E-state index in [1.165, 1.54) is 26.0 Å². The molecule has 10 atom stereocenters. The van der Waals surface area contributed by atoms with Gasteiger partial charge in [-0.25, -0.2) is 4.79 Å². The number of nitrogens with two attached hydrogens (primary N) is 6. The summed E-state index contributed by atoms with van der Waals surface area (Å²) in [5.41, 5.74) is 34.8. The molecule has 420 valence electrons. The zero-order chi connectivity index (χ0) is 56.5. The molecule has 0 spiro atoms. The number of carbonyl (C=O) groups is 8. The van der Waals surface area contributed by atoms with Gasteiger partial charge in [-0.2, -0.15) is 0 Å². The summed E-state index contributed by atoms with van der Waals surface area (Å²) in [5.74, 6) is -7.92. The number of hydrogen-bond donors (Lipinski definition) is 16. The minimum absolute atomic E-state index is 0.0121. The first-order valence-corrected chi connectivity index (χ1v) is 25.1. The average molecular weight is 1070 g/mol. The maximum atomic E-state index is 14.3. The van der Waals surface area contributed by atoms with Gasteiger partial charge in [0.2, 0.25) is 41.4 Å². The molecule has 0 aromatic heterocycles. The second-order valence-corrected chi connectivity index (χ2v) is 18.6. The molecular weight excluding hydrogens is 991 g/mol. The van der Waals surface area contributed by atoms with E-state index in [4.69, 9.17) is 34.4 Å². The van der Waals surface area contributed by atoms with Crippen LogP contribution in [-0.2, 0) is 51.2 Å². The molecule has 76 heavy (non-hydrogen) atoms. The number of rotatable bonds is 32. The Balaban J connectivity index is 1.82. The van der Waals surface area contributed by atoms with Crippen LogP contribution < -0.4 is 66.3 Å². The van der Waals surface area contributed by atoms with Crippen LogP contribution in [0.3, 0.4) is 0 Å². The lowest BCUT2D eigenvalue weighted by Gasteiger charge is -2.32. The monoisotopic (exact) mass is 1070 g/mol. The smallest absolute Gasteiger partial charge is 0.326 e. The van der Waals surface area contributed by atoms with E-state index in [2.05, 4.69) is 41.9 Å². The van der Waals surface area contributed by atoms with Gasteiger partial charge in [0.15, 0.2) is 11.9 Å². The van der Waals surface area contributed by atoms with E-state index in [-0.39, 0.29) is 95.2 Å². The lowest BCUT2D eigenvalue weighted by atomic mass is 10.0. The topological polar surface area (TPSA) is 474 Å². The van der Waals surface area contributed by atoms with Crippen molar-refractivity contribution in [2.75, 3.05) is 26.2 Å². The third-order valence-corrected chi connectivity index (χ3v) is 12.3. The number of carbonyl (C=O) groups excluding carboxylic acids is 7. The molecule has 0 aliphatic carbocycles. The SMILES string of the molecule is C[C@@H](O)[C@H](NC(=O)[C@H](CCCCN)NC(=O)[C@@H]1CCCN1C(=O)[C@@H](NC(=O)[C@H](Cc1ccc(O)cc1)NC(=O)[C@@H](N)Cc1ccccc1)[C@@H](C)O)C(=O)N[C@@H](CCCN=C(N)N)C(=O)N[C@@H](CCCN=C(N)N)C(=O)O. The second kappa shape index (κ2) is 32.0. The molecule has 27 nitrogen and oxygen atoms in total. The summed E-state index contributed by atoms with van der Waals surface area (Å²) < 4.78 is 0. The number of nitrogens with zero attached hydrogens (tertiary/aromatic N) is 3. The zero-order valence-corrected chi connectivity index (χ0v) is 42.9. The van der Waals surface area contributed by atoms with Crippen LogP contribution in [0, 0.1) is 0 Å². The molecule has 1 aliphatic rings. The minimum Gasteiger partial charge on any atom is -0.508 e. The number of carboxylic acids is 1. The van der Waals surface area contributed by atoms with Crippen molar-refractivity contribution in [3.8, 4) is 5.75 Å². The predicted octanol–water partition coefficient (Wildman–Crippen LogP) is -4.51. The third kappa shape index (κ3) is 21.3. The first-order chi connectivity index (χ1) is 36.0. The molecule has 1 heterocycles. The van der Waals surface area contributed by atoms with Crippen molar-refractivity contribution >= 4 is 59.2 Å². The lowest BCUT2D eigenvalue weighted by Crippen LogP contribution is -2.62. The van der Waals surface area contributed by atoms with Gasteiger partial charge in [0, 0.05) is 26.1 Å². The van der Waals surface area contributed by atoms with Crippen LogP contribution in [0.25, 0.3) is 0 Å². The number of aliphatic imine (C=N–C) groups is 2. The van der Waals surface area contributed by atoms with Gasteiger partial charge in [0.1, 0.15) is 48.0 Å². The first-order valence-electron chi connectivity index (χ1n) is 25.1.